The van der Waals surface area contributed by atoms with Crippen LogP contribution in [-0.4, -0.2) is 21.0 Å². The van der Waals surface area contributed by atoms with Crippen LogP contribution < -0.4 is 5.32 Å². The number of nitrogens with zero attached hydrogens (tertiary/aromatic N) is 3. The summed E-state index contributed by atoms with van der Waals surface area (Å²) in [5.41, 5.74) is -0.339. The van der Waals surface area contributed by atoms with Crippen LogP contribution in [0.15, 0.2) is 12.5 Å². The fourth-order valence-electron chi connectivity index (χ4n) is 2.59. The van der Waals surface area contributed by atoms with E-state index in [2.05, 4.69) is 16.4 Å². The molecule has 1 saturated carbocycles. The van der Waals surface area contributed by atoms with Gasteiger partial charge in [-0.15, -0.1) is 0 Å². The van der Waals surface area contributed by atoms with E-state index in [-0.39, 0.29) is 5.91 Å². The van der Waals surface area contributed by atoms with Crippen LogP contribution in [0.1, 0.15) is 55.4 Å². The highest BCUT2D eigenvalue weighted by atomic mass is 16.2. The van der Waals surface area contributed by atoms with Crippen molar-refractivity contribution in [3.63, 3.8) is 0 Å². The van der Waals surface area contributed by atoms with E-state index >= 15 is 0 Å². The second-order valence-corrected chi connectivity index (χ2v) is 5.34. The molecule has 1 N–H and O–H groups in total. The molecule has 2 rings (SSSR count). The topological polar surface area (TPSA) is 70.7 Å². The highest BCUT2D eigenvalue weighted by Gasteiger charge is 2.32. The first-order chi connectivity index (χ1) is 9.15. The minimum Gasteiger partial charge on any atom is -0.340 e. The molecule has 0 saturated heterocycles. The first-order valence-electron chi connectivity index (χ1n) is 6.87. The molecule has 19 heavy (non-hydrogen) atoms. The predicted octanol–water partition coefficient (Wildman–Crippen LogP) is 2.16. The van der Waals surface area contributed by atoms with Crippen LogP contribution in [0.3, 0.4) is 0 Å². The third kappa shape index (κ3) is 3.34. The van der Waals surface area contributed by atoms with E-state index in [1.165, 1.54) is 6.42 Å². The molecular weight excluding hydrogens is 240 g/mol. The zero-order valence-electron chi connectivity index (χ0n) is 11.4. The number of imidazole rings is 1. The summed E-state index contributed by atoms with van der Waals surface area (Å²) in [5, 5.41) is 12.4. The summed E-state index contributed by atoms with van der Waals surface area (Å²) in [7, 11) is 1.82. The van der Waals surface area contributed by atoms with E-state index in [0.717, 1.165) is 38.5 Å². The van der Waals surface area contributed by atoms with E-state index < -0.39 is 5.54 Å². The maximum atomic E-state index is 12.2. The molecule has 1 aromatic heterocycles. The van der Waals surface area contributed by atoms with E-state index in [1.54, 1.807) is 17.1 Å². The van der Waals surface area contributed by atoms with Crippen molar-refractivity contribution in [3.8, 4) is 6.07 Å². The lowest BCUT2D eigenvalue weighted by Crippen LogP contribution is -2.47. The summed E-state index contributed by atoms with van der Waals surface area (Å²) in [6.07, 6.45) is 10.2. The molecule has 102 valence electrons. The molecule has 1 aromatic rings. The van der Waals surface area contributed by atoms with Crippen molar-refractivity contribution in [1.82, 2.24) is 14.9 Å². The van der Waals surface area contributed by atoms with Crippen LogP contribution in [-0.2, 0) is 7.05 Å². The van der Waals surface area contributed by atoms with Crippen LogP contribution in [0, 0.1) is 11.3 Å². The van der Waals surface area contributed by atoms with E-state index in [0.29, 0.717) is 5.69 Å². The number of hydrogen-bond acceptors (Lipinski definition) is 3. The van der Waals surface area contributed by atoms with Crippen LogP contribution in [0.2, 0.25) is 0 Å². The Morgan fingerprint density at radius 3 is 2.53 bits per heavy atom. The lowest BCUT2D eigenvalue weighted by atomic mass is 9.85. The number of amides is 1. The maximum absolute atomic E-state index is 12.2. The Bertz CT molecular complexity index is 478. The SMILES string of the molecule is Cn1cnc(C(=O)NC2(C#N)CCCCCCC2)c1. The van der Waals surface area contributed by atoms with Crippen molar-refractivity contribution < 1.29 is 4.79 Å². The van der Waals surface area contributed by atoms with Gasteiger partial charge in [0.1, 0.15) is 11.2 Å². The Morgan fingerprint density at radius 2 is 2.00 bits per heavy atom. The number of aryl methyl sites for hydroxylation is 1. The van der Waals surface area contributed by atoms with Crippen LogP contribution in [0.4, 0.5) is 0 Å². The summed E-state index contributed by atoms with van der Waals surface area (Å²) < 4.78 is 1.73. The Kier molecular flexibility index (Phi) is 4.20. The van der Waals surface area contributed by atoms with Crippen molar-refractivity contribution >= 4 is 5.91 Å². The normalized spacial score (nSPS) is 18.9. The number of rotatable bonds is 2. The fourth-order valence-corrected chi connectivity index (χ4v) is 2.59. The van der Waals surface area contributed by atoms with Crippen molar-refractivity contribution in [2.45, 2.75) is 50.5 Å². The third-order valence-electron chi connectivity index (χ3n) is 3.71. The Balaban J connectivity index is 2.08. The summed E-state index contributed by atoms with van der Waals surface area (Å²) in [6.45, 7) is 0. The highest BCUT2D eigenvalue weighted by Crippen LogP contribution is 2.26. The lowest BCUT2D eigenvalue weighted by Gasteiger charge is -2.29. The highest BCUT2D eigenvalue weighted by molar-refractivity contribution is 5.92. The van der Waals surface area contributed by atoms with Gasteiger partial charge in [-0.1, -0.05) is 32.1 Å². The molecule has 0 unspecified atom stereocenters. The lowest BCUT2D eigenvalue weighted by molar-refractivity contribution is 0.0903. The molecule has 1 aliphatic rings. The van der Waals surface area contributed by atoms with Gasteiger partial charge in [0.15, 0.2) is 0 Å². The Hall–Kier alpha value is -1.83. The Morgan fingerprint density at radius 1 is 1.37 bits per heavy atom. The van der Waals surface area contributed by atoms with Gasteiger partial charge < -0.3 is 9.88 Å². The molecule has 0 bridgehead atoms. The maximum Gasteiger partial charge on any atom is 0.272 e. The molecule has 1 heterocycles. The van der Waals surface area contributed by atoms with Gasteiger partial charge in [0.2, 0.25) is 0 Å². The number of carbonyl (C=O) groups is 1. The van der Waals surface area contributed by atoms with E-state index in [9.17, 15) is 10.1 Å². The Labute approximate surface area is 113 Å². The molecule has 1 aliphatic carbocycles. The van der Waals surface area contributed by atoms with Crippen molar-refractivity contribution in [2.24, 2.45) is 7.05 Å². The number of aromatic nitrogens is 2. The van der Waals surface area contributed by atoms with Crippen LogP contribution in [0.5, 0.6) is 0 Å². The van der Waals surface area contributed by atoms with Crippen LogP contribution in [0.25, 0.3) is 0 Å². The van der Waals surface area contributed by atoms with Crippen LogP contribution >= 0.6 is 0 Å². The summed E-state index contributed by atoms with van der Waals surface area (Å²) in [6, 6.07) is 2.33. The number of nitriles is 1. The van der Waals surface area contributed by atoms with E-state index in [1.807, 2.05) is 7.05 Å². The molecule has 5 nitrogen and oxygen atoms in total. The van der Waals surface area contributed by atoms with Gasteiger partial charge >= 0.3 is 0 Å². The number of nitrogens with one attached hydrogen (secondary N) is 1. The monoisotopic (exact) mass is 260 g/mol. The second kappa shape index (κ2) is 5.87. The van der Waals surface area contributed by atoms with Gasteiger partial charge in [0.25, 0.3) is 5.91 Å². The van der Waals surface area contributed by atoms with Crippen molar-refractivity contribution in [1.29, 1.82) is 5.26 Å². The summed E-state index contributed by atoms with van der Waals surface area (Å²) >= 11 is 0. The molecule has 0 aromatic carbocycles. The van der Waals surface area contributed by atoms with Gasteiger partial charge in [-0.05, 0) is 12.8 Å². The fraction of sp³-hybridized carbons (Fsp3) is 0.643. The zero-order chi connectivity index (χ0) is 13.7. The summed E-state index contributed by atoms with van der Waals surface area (Å²) in [5.74, 6) is -0.247. The quantitative estimate of drug-likeness (QED) is 0.885. The van der Waals surface area contributed by atoms with Gasteiger partial charge in [0.05, 0.1) is 12.4 Å². The largest absolute Gasteiger partial charge is 0.340 e. The molecule has 5 heteroatoms. The average molecular weight is 260 g/mol. The van der Waals surface area contributed by atoms with Crippen molar-refractivity contribution in [2.75, 3.05) is 0 Å². The van der Waals surface area contributed by atoms with Gasteiger partial charge in [-0.3, -0.25) is 4.79 Å². The molecule has 0 aliphatic heterocycles. The smallest absolute Gasteiger partial charge is 0.272 e. The molecule has 1 amide bonds. The molecule has 0 atom stereocenters. The predicted molar refractivity (Wildman–Crippen MR) is 71.3 cm³/mol. The third-order valence-corrected chi connectivity index (χ3v) is 3.71. The van der Waals surface area contributed by atoms with Gasteiger partial charge in [-0.25, -0.2) is 4.98 Å². The minimum absolute atomic E-state index is 0.247. The van der Waals surface area contributed by atoms with E-state index in [4.69, 9.17) is 0 Å². The summed E-state index contributed by atoms with van der Waals surface area (Å²) in [4.78, 5) is 16.2. The molecule has 1 fully saturated rings. The molecule has 0 spiro atoms. The number of carbonyl (C=O) groups excluding carboxylic acids is 1. The minimum atomic E-state index is -0.713. The zero-order valence-corrected chi connectivity index (χ0v) is 11.4. The standard InChI is InChI=1S/C14H20N4O/c1-18-9-12(16-11-18)13(19)17-14(10-15)7-5-3-2-4-6-8-14/h9,11H,2-8H2,1H3,(H,17,19). The van der Waals surface area contributed by atoms with Gasteiger partial charge in [0, 0.05) is 13.2 Å². The first kappa shape index (κ1) is 13.6. The molecular formula is C14H20N4O. The van der Waals surface area contributed by atoms with Gasteiger partial charge in [-0.2, -0.15) is 5.26 Å². The first-order valence-corrected chi connectivity index (χ1v) is 6.87. The number of hydrogen-bond donors (Lipinski definition) is 1. The average Bonchev–Trinajstić information content (AvgIpc) is 2.80. The second-order valence-electron chi connectivity index (χ2n) is 5.34. The van der Waals surface area contributed by atoms with Crippen molar-refractivity contribution in [3.05, 3.63) is 18.2 Å². The molecule has 0 radical (unpaired) electrons.